The Balaban J connectivity index is 2.87. The SMILES string of the molecule is COCCOCCCNCCCC(C)C. The molecule has 0 aromatic rings. The van der Waals surface area contributed by atoms with E-state index in [1.54, 1.807) is 7.11 Å². The van der Waals surface area contributed by atoms with E-state index >= 15 is 0 Å². The fourth-order valence-corrected chi connectivity index (χ4v) is 1.30. The molecule has 15 heavy (non-hydrogen) atoms. The maximum atomic E-state index is 5.35. The molecule has 0 atom stereocenters. The molecule has 92 valence electrons. The van der Waals surface area contributed by atoms with Crippen LogP contribution >= 0.6 is 0 Å². The smallest absolute Gasteiger partial charge is 0.0700 e. The van der Waals surface area contributed by atoms with Crippen LogP contribution in [0.1, 0.15) is 33.1 Å². The van der Waals surface area contributed by atoms with Gasteiger partial charge in [0.1, 0.15) is 0 Å². The van der Waals surface area contributed by atoms with Crippen molar-refractivity contribution < 1.29 is 9.47 Å². The molecule has 0 aliphatic heterocycles. The summed E-state index contributed by atoms with van der Waals surface area (Å²) < 4.78 is 10.2. The van der Waals surface area contributed by atoms with Gasteiger partial charge in [-0.1, -0.05) is 13.8 Å². The molecule has 0 rings (SSSR count). The highest BCUT2D eigenvalue weighted by atomic mass is 16.5. The van der Waals surface area contributed by atoms with Gasteiger partial charge in [0, 0.05) is 13.7 Å². The van der Waals surface area contributed by atoms with E-state index in [-0.39, 0.29) is 0 Å². The van der Waals surface area contributed by atoms with Crippen LogP contribution in [0, 0.1) is 5.92 Å². The van der Waals surface area contributed by atoms with Gasteiger partial charge in [-0.2, -0.15) is 0 Å². The van der Waals surface area contributed by atoms with E-state index in [1.165, 1.54) is 12.8 Å². The molecule has 0 unspecified atom stereocenters. The summed E-state index contributed by atoms with van der Waals surface area (Å²) in [5, 5.41) is 3.42. The lowest BCUT2D eigenvalue weighted by atomic mass is 10.1. The van der Waals surface area contributed by atoms with E-state index in [1.807, 2.05) is 0 Å². The molecule has 0 radical (unpaired) electrons. The quantitative estimate of drug-likeness (QED) is 0.537. The van der Waals surface area contributed by atoms with Crippen LogP contribution in [-0.4, -0.2) is 40.0 Å². The molecule has 0 saturated carbocycles. The molecule has 0 amide bonds. The molecule has 0 aromatic heterocycles. The third kappa shape index (κ3) is 13.9. The zero-order valence-corrected chi connectivity index (χ0v) is 10.6. The Hall–Kier alpha value is -0.120. The Morgan fingerprint density at radius 2 is 1.73 bits per heavy atom. The molecule has 0 heterocycles. The highest BCUT2D eigenvalue weighted by molar-refractivity contribution is 4.51. The lowest BCUT2D eigenvalue weighted by molar-refractivity contribution is 0.0695. The third-order valence-electron chi connectivity index (χ3n) is 2.21. The van der Waals surface area contributed by atoms with E-state index in [9.17, 15) is 0 Å². The van der Waals surface area contributed by atoms with Crippen LogP contribution < -0.4 is 5.32 Å². The predicted molar refractivity (Wildman–Crippen MR) is 64.3 cm³/mol. The van der Waals surface area contributed by atoms with Gasteiger partial charge in [-0.25, -0.2) is 0 Å². The summed E-state index contributed by atoms with van der Waals surface area (Å²) in [6.45, 7) is 8.97. The Morgan fingerprint density at radius 1 is 1.00 bits per heavy atom. The zero-order valence-electron chi connectivity index (χ0n) is 10.6. The highest BCUT2D eigenvalue weighted by Crippen LogP contribution is 2.01. The summed E-state index contributed by atoms with van der Waals surface area (Å²) in [6, 6.07) is 0. The topological polar surface area (TPSA) is 30.5 Å². The second-order valence-corrected chi connectivity index (χ2v) is 4.24. The second-order valence-electron chi connectivity index (χ2n) is 4.24. The molecular formula is C12H27NO2. The molecule has 0 fully saturated rings. The van der Waals surface area contributed by atoms with Gasteiger partial charge in [-0.05, 0) is 38.3 Å². The number of rotatable bonds is 11. The summed E-state index contributed by atoms with van der Waals surface area (Å²) in [4.78, 5) is 0. The van der Waals surface area contributed by atoms with Crippen LogP contribution in [0.4, 0.5) is 0 Å². The van der Waals surface area contributed by atoms with Gasteiger partial charge in [0.25, 0.3) is 0 Å². The van der Waals surface area contributed by atoms with Crippen LogP contribution in [0.15, 0.2) is 0 Å². The second kappa shape index (κ2) is 12.0. The standard InChI is InChI=1S/C12H27NO2/c1-12(2)6-4-7-13-8-5-9-15-11-10-14-3/h12-13H,4-11H2,1-3H3. The first-order valence-corrected chi connectivity index (χ1v) is 6.04. The van der Waals surface area contributed by atoms with Gasteiger partial charge in [0.2, 0.25) is 0 Å². The molecule has 3 heteroatoms. The van der Waals surface area contributed by atoms with E-state index in [2.05, 4.69) is 19.2 Å². The largest absolute Gasteiger partial charge is 0.382 e. The van der Waals surface area contributed by atoms with Gasteiger partial charge in [-0.15, -0.1) is 0 Å². The first-order chi connectivity index (χ1) is 7.27. The molecule has 0 saturated heterocycles. The van der Waals surface area contributed by atoms with Crippen LogP contribution in [0.2, 0.25) is 0 Å². The van der Waals surface area contributed by atoms with Crippen LogP contribution in [0.25, 0.3) is 0 Å². The molecule has 0 aliphatic carbocycles. The molecule has 0 aliphatic rings. The van der Waals surface area contributed by atoms with Gasteiger partial charge >= 0.3 is 0 Å². The molecular weight excluding hydrogens is 190 g/mol. The minimum Gasteiger partial charge on any atom is -0.382 e. The first-order valence-electron chi connectivity index (χ1n) is 6.04. The Bertz CT molecular complexity index is 118. The van der Waals surface area contributed by atoms with Crippen molar-refractivity contribution in [1.29, 1.82) is 0 Å². The number of hydrogen-bond acceptors (Lipinski definition) is 3. The normalized spacial score (nSPS) is 11.2. The molecule has 0 spiro atoms. The third-order valence-corrected chi connectivity index (χ3v) is 2.21. The van der Waals surface area contributed by atoms with E-state index < -0.39 is 0 Å². The minimum atomic E-state index is 0.696. The molecule has 0 bridgehead atoms. The van der Waals surface area contributed by atoms with Gasteiger partial charge in [-0.3, -0.25) is 0 Å². The Morgan fingerprint density at radius 3 is 2.40 bits per heavy atom. The van der Waals surface area contributed by atoms with Crippen molar-refractivity contribution in [2.45, 2.75) is 33.1 Å². The highest BCUT2D eigenvalue weighted by Gasteiger charge is 1.93. The van der Waals surface area contributed by atoms with Gasteiger partial charge < -0.3 is 14.8 Å². The van der Waals surface area contributed by atoms with Gasteiger partial charge in [0.15, 0.2) is 0 Å². The van der Waals surface area contributed by atoms with Crippen molar-refractivity contribution in [1.82, 2.24) is 5.32 Å². The summed E-state index contributed by atoms with van der Waals surface area (Å²) in [6.07, 6.45) is 3.69. The Kier molecular flexibility index (Phi) is 11.9. The average molecular weight is 217 g/mol. The van der Waals surface area contributed by atoms with Crippen molar-refractivity contribution in [2.75, 3.05) is 40.0 Å². The predicted octanol–water partition coefficient (Wildman–Crippen LogP) is 2.07. The fourth-order valence-electron chi connectivity index (χ4n) is 1.30. The van der Waals surface area contributed by atoms with Crippen molar-refractivity contribution in [3.05, 3.63) is 0 Å². The maximum absolute atomic E-state index is 5.35. The minimum absolute atomic E-state index is 0.696. The summed E-state index contributed by atoms with van der Waals surface area (Å²) in [5.41, 5.74) is 0. The van der Waals surface area contributed by atoms with Crippen LogP contribution in [0.3, 0.4) is 0 Å². The van der Waals surface area contributed by atoms with Crippen molar-refractivity contribution in [3.63, 3.8) is 0 Å². The average Bonchev–Trinajstić information content (AvgIpc) is 2.20. The maximum Gasteiger partial charge on any atom is 0.0700 e. The lowest BCUT2D eigenvalue weighted by Crippen LogP contribution is -2.18. The van der Waals surface area contributed by atoms with E-state index in [4.69, 9.17) is 9.47 Å². The summed E-state index contributed by atoms with van der Waals surface area (Å²) in [7, 11) is 1.69. The molecule has 3 nitrogen and oxygen atoms in total. The van der Waals surface area contributed by atoms with Gasteiger partial charge in [0.05, 0.1) is 13.2 Å². The number of ether oxygens (including phenoxy) is 2. The van der Waals surface area contributed by atoms with Crippen molar-refractivity contribution >= 4 is 0 Å². The van der Waals surface area contributed by atoms with Crippen molar-refractivity contribution in [3.8, 4) is 0 Å². The van der Waals surface area contributed by atoms with Crippen molar-refractivity contribution in [2.24, 2.45) is 5.92 Å². The monoisotopic (exact) mass is 217 g/mol. The number of methoxy groups -OCH3 is 1. The van der Waals surface area contributed by atoms with E-state index in [0.29, 0.717) is 13.2 Å². The first kappa shape index (κ1) is 14.9. The molecule has 1 N–H and O–H groups in total. The zero-order chi connectivity index (χ0) is 11.4. The lowest BCUT2D eigenvalue weighted by Gasteiger charge is -2.07. The molecule has 0 aromatic carbocycles. The fraction of sp³-hybridized carbons (Fsp3) is 1.00. The summed E-state index contributed by atoms with van der Waals surface area (Å²) in [5.74, 6) is 0.823. The number of hydrogen-bond donors (Lipinski definition) is 1. The summed E-state index contributed by atoms with van der Waals surface area (Å²) >= 11 is 0. The Labute approximate surface area is 94.5 Å². The van der Waals surface area contributed by atoms with Crippen LogP contribution in [0.5, 0.6) is 0 Å². The van der Waals surface area contributed by atoms with Crippen LogP contribution in [-0.2, 0) is 9.47 Å². The number of nitrogens with one attached hydrogen (secondary N) is 1. The van der Waals surface area contributed by atoms with E-state index in [0.717, 1.165) is 32.0 Å².